The van der Waals surface area contributed by atoms with Crippen molar-refractivity contribution in [2.45, 2.75) is 26.1 Å². The van der Waals surface area contributed by atoms with Gasteiger partial charge >= 0.3 is 6.18 Å². The molecule has 96 valence electrons. The quantitative estimate of drug-likeness (QED) is 0.770. The highest BCUT2D eigenvalue weighted by Gasteiger charge is 2.27. The number of carbonyl (C=O) groups is 1. The highest BCUT2D eigenvalue weighted by atomic mass is 19.4. The second-order valence-electron chi connectivity index (χ2n) is 3.45. The van der Waals surface area contributed by atoms with Gasteiger partial charge in [-0.05, 0) is 6.92 Å². The molecule has 1 aromatic rings. The maximum Gasteiger partial charge on any atom is 0.411 e. The number of Topliss-reactive ketones (excluding diaryl/α,β-unsaturated/α-hetero) is 1. The first-order chi connectivity index (χ1) is 7.92. The molecule has 0 aliphatic rings. The van der Waals surface area contributed by atoms with E-state index in [4.69, 9.17) is 0 Å². The van der Waals surface area contributed by atoms with Crippen LogP contribution < -0.4 is 0 Å². The Morgan fingerprint density at radius 3 is 2.82 bits per heavy atom. The summed E-state index contributed by atoms with van der Waals surface area (Å²) in [4.78, 5) is 15.3. The Labute approximate surface area is 96.4 Å². The molecule has 17 heavy (non-hydrogen) atoms. The largest absolute Gasteiger partial charge is 0.411 e. The minimum absolute atomic E-state index is 0.0152. The first-order valence-corrected chi connectivity index (χ1v) is 5.08. The van der Waals surface area contributed by atoms with Crippen molar-refractivity contribution in [3.8, 4) is 0 Å². The van der Waals surface area contributed by atoms with Crippen molar-refractivity contribution in [2.24, 2.45) is 0 Å². The second kappa shape index (κ2) is 5.81. The molecule has 4 nitrogen and oxygen atoms in total. The van der Waals surface area contributed by atoms with E-state index < -0.39 is 25.2 Å². The molecule has 1 heterocycles. The van der Waals surface area contributed by atoms with Crippen molar-refractivity contribution in [3.05, 3.63) is 18.2 Å². The molecular formula is C10H13F3N2O2. The predicted octanol–water partition coefficient (Wildman–Crippen LogP) is 1.59. The number of hydrogen-bond donors (Lipinski definition) is 0. The number of rotatable bonds is 6. The molecule has 0 aliphatic heterocycles. The van der Waals surface area contributed by atoms with Gasteiger partial charge in [-0.15, -0.1) is 0 Å². The number of aryl methyl sites for hydroxylation is 1. The van der Waals surface area contributed by atoms with Crippen LogP contribution >= 0.6 is 0 Å². The van der Waals surface area contributed by atoms with E-state index in [2.05, 4.69) is 9.72 Å². The molecule has 0 radical (unpaired) electrons. The number of carbonyl (C=O) groups excluding carboxylic acids is 1. The molecule has 0 atom stereocenters. The Morgan fingerprint density at radius 2 is 2.24 bits per heavy atom. The van der Waals surface area contributed by atoms with Crippen LogP contribution in [0.25, 0.3) is 0 Å². The highest BCUT2D eigenvalue weighted by Crippen LogP contribution is 2.14. The molecule has 0 amide bonds. The molecule has 0 aromatic carbocycles. The van der Waals surface area contributed by atoms with Crippen LogP contribution in [0.2, 0.25) is 0 Å². The van der Waals surface area contributed by atoms with Crippen molar-refractivity contribution in [1.29, 1.82) is 0 Å². The van der Waals surface area contributed by atoms with Gasteiger partial charge in [0.1, 0.15) is 19.0 Å². The van der Waals surface area contributed by atoms with Crippen molar-refractivity contribution in [3.63, 3.8) is 0 Å². The number of halogens is 3. The van der Waals surface area contributed by atoms with Crippen molar-refractivity contribution in [2.75, 3.05) is 13.2 Å². The molecule has 0 spiro atoms. The monoisotopic (exact) mass is 250 g/mol. The van der Waals surface area contributed by atoms with E-state index in [1.807, 2.05) is 6.92 Å². The number of imidazole rings is 1. The van der Waals surface area contributed by atoms with Crippen molar-refractivity contribution < 1.29 is 22.7 Å². The van der Waals surface area contributed by atoms with Crippen LogP contribution in [0.5, 0.6) is 0 Å². The molecule has 0 aliphatic carbocycles. The third kappa shape index (κ3) is 4.99. The third-order valence-corrected chi connectivity index (χ3v) is 2.03. The topological polar surface area (TPSA) is 44.1 Å². The fourth-order valence-corrected chi connectivity index (χ4v) is 1.30. The van der Waals surface area contributed by atoms with Gasteiger partial charge < -0.3 is 9.30 Å². The highest BCUT2D eigenvalue weighted by molar-refractivity contribution is 5.81. The minimum atomic E-state index is -4.40. The number of ether oxygens (including phenoxy) is 1. The number of ketones is 1. The van der Waals surface area contributed by atoms with Gasteiger partial charge in [-0.3, -0.25) is 4.79 Å². The Morgan fingerprint density at radius 1 is 1.53 bits per heavy atom. The SMILES string of the molecule is CCn1ccnc1CC(=O)COCC(F)(F)F. The predicted molar refractivity (Wildman–Crippen MR) is 53.5 cm³/mol. The minimum Gasteiger partial charge on any atom is -0.364 e. The van der Waals surface area contributed by atoms with Gasteiger partial charge in [0.2, 0.25) is 0 Å². The summed E-state index contributed by atoms with van der Waals surface area (Å²) >= 11 is 0. The van der Waals surface area contributed by atoms with Crippen LogP contribution in [-0.2, 0) is 22.5 Å². The summed E-state index contributed by atoms with van der Waals surface area (Å²) in [6.07, 6.45) is -1.16. The molecule has 0 saturated heterocycles. The van der Waals surface area contributed by atoms with Gasteiger partial charge in [0.25, 0.3) is 0 Å². The first-order valence-electron chi connectivity index (χ1n) is 5.08. The maximum absolute atomic E-state index is 11.7. The zero-order chi connectivity index (χ0) is 12.9. The lowest BCUT2D eigenvalue weighted by Crippen LogP contribution is -2.21. The smallest absolute Gasteiger partial charge is 0.364 e. The van der Waals surface area contributed by atoms with Crippen LogP contribution in [-0.4, -0.2) is 34.7 Å². The summed E-state index contributed by atoms with van der Waals surface area (Å²) in [7, 11) is 0. The first kappa shape index (κ1) is 13.7. The van der Waals surface area contributed by atoms with Crippen LogP contribution in [0.15, 0.2) is 12.4 Å². The standard InChI is InChI=1S/C10H13F3N2O2/c1-2-15-4-3-14-9(15)5-8(16)6-17-7-10(11,12)13/h3-4H,2,5-7H2,1H3. The summed E-state index contributed by atoms with van der Waals surface area (Å²) in [6.45, 7) is 0.596. The number of nitrogens with zero attached hydrogens (tertiary/aromatic N) is 2. The van der Waals surface area contributed by atoms with Crippen LogP contribution in [0.4, 0.5) is 13.2 Å². The zero-order valence-corrected chi connectivity index (χ0v) is 9.33. The van der Waals surface area contributed by atoms with Gasteiger partial charge in [0, 0.05) is 18.9 Å². The maximum atomic E-state index is 11.7. The van der Waals surface area contributed by atoms with Crippen LogP contribution in [0.1, 0.15) is 12.7 Å². The molecule has 7 heteroatoms. The number of alkyl halides is 3. The van der Waals surface area contributed by atoms with Crippen molar-refractivity contribution >= 4 is 5.78 Å². The number of hydrogen-bond acceptors (Lipinski definition) is 3. The van der Waals surface area contributed by atoms with E-state index in [1.165, 1.54) is 0 Å². The normalized spacial score (nSPS) is 11.8. The van der Waals surface area contributed by atoms with Gasteiger partial charge in [-0.1, -0.05) is 0 Å². The Balaban J connectivity index is 2.35. The fraction of sp³-hybridized carbons (Fsp3) is 0.600. The van der Waals surface area contributed by atoms with Gasteiger partial charge in [0.15, 0.2) is 5.78 Å². The number of aromatic nitrogens is 2. The molecule has 0 N–H and O–H groups in total. The van der Waals surface area contributed by atoms with E-state index >= 15 is 0 Å². The summed E-state index contributed by atoms with van der Waals surface area (Å²) in [5, 5.41) is 0. The van der Waals surface area contributed by atoms with E-state index in [0.717, 1.165) is 0 Å². The molecule has 0 saturated carbocycles. The Kier molecular flexibility index (Phi) is 4.68. The average Bonchev–Trinajstić information content (AvgIpc) is 2.63. The van der Waals surface area contributed by atoms with Gasteiger partial charge in [0.05, 0.1) is 6.42 Å². The lowest BCUT2D eigenvalue weighted by Gasteiger charge is -2.07. The summed E-state index contributed by atoms with van der Waals surface area (Å²) in [6, 6.07) is 0. The van der Waals surface area contributed by atoms with Gasteiger partial charge in [-0.2, -0.15) is 13.2 Å². The Bertz CT molecular complexity index is 374. The third-order valence-electron chi connectivity index (χ3n) is 2.03. The van der Waals surface area contributed by atoms with Crippen LogP contribution in [0, 0.1) is 0 Å². The van der Waals surface area contributed by atoms with Crippen molar-refractivity contribution in [1.82, 2.24) is 9.55 Å². The van der Waals surface area contributed by atoms with E-state index in [9.17, 15) is 18.0 Å². The molecule has 0 fully saturated rings. The second-order valence-corrected chi connectivity index (χ2v) is 3.45. The van der Waals surface area contributed by atoms with E-state index in [1.54, 1.807) is 17.0 Å². The zero-order valence-electron chi connectivity index (χ0n) is 9.33. The average molecular weight is 250 g/mol. The summed E-state index contributed by atoms with van der Waals surface area (Å²) in [5.74, 6) is 0.114. The van der Waals surface area contributed by atoms with E-state index in [0.29, 0.717) is 12.4 Å². The summed E-state index contributed by atoms with van der Waals surface area (Å²) in [5.41, 5.74) is 0. The molecule has 0 unspecified atom stereocenters. The van der Waals surface area contributed by atoms with Crippen LogP contribution in [0.3, 0.4) is 0 Å². The van der Waals surface area contributed by atoms with E-state index in [-0.39, 0.29) is 6.42 Å². The molecule has 0 bridgehead atoms. The summed E-state index contributed by atoms with van der Waals surface area (Å²) < 4.78 is 41.3. The van der Waals surface area contributed by atoms with Gasteiger partial charge in [-0.25, -0.2) is 4.98 Å². The molecule has 1 aromatic heterocycles. The molecular weight excluding hydrogens is 237 g/mol. The fourth-order valence-electron chi connectivity index (χ4n) is 1.30. The molecule has 1 rings (SSSR count). The Hall–Kier alpha value is -1.37. The lowest BCUT2D eigenvalue weighted by atomic mass is 10.3. The lowest BCUT2D eigenvalue weighted by molar-refractivity contribution is -0.175.